The Morgan fingerprint density at radius 2 is 2.22 bits per heavy atom. The number of hydrogen-bond acceptors (Lipinski definition) is 7. The first-order valence-corrected chi connectivity index (χ1v) is 9.76. The summed E-state index contributed by atoms with van der Waals surface area (Å²) in [6, 6.07) is -0.543. The molecule has 5 N–H and O–H groups in total. The second kappa shape index (κ2) is 7.83. The molecule has 2 aromatic heterocycles. The molecule has 0 bridgehead atoms. The molecule has 9 nitrogen and oxygen atoms in total. The highest BCUT2D eigenvalue weighted by atomic mass is 35.5. The summed E-state index contributed by atoms with van der Waals surface area (Å²) in [7, 11) is 0. The van der Waals surface area contributed by atoms with E-state index < -0.39 is 5.97 Å². The molecule has 146 valence electrons. The van der Waals surface area contributed by atoms with E-state index in [4.69, 9.17) is 17.3 Å². The molecule has 11 heteroatoms. The van der Waals surface area contributed by atoms with Gasteiger partial charge in [-0.05, 0) is 19.8 Å². The van der Waals surface area contributed by atoms with E-state index in [-0.39, 0.29) is 28.7 Å². The standard InChI is InChI=1S/C16H21ClN6O3S/c1-3-9-12(17)22-13(20-9)14(24)21-10-4-5-23(6-8(10)18)16-19-7(2)11(27-16)15(25)26/h8,10H,3-6,18H2,1-2H3,(H,20,22)(H,21,24)(H,25,26)/t8-,10-/m1/s1. The number of carboxylic acid groups (broad SMARTS) is 1. The third kappa shape index (κ3) is 4.07. The van der Waals surface area contributed by atoms with Gasteiger partial charge in [0, 0.05) is 25.2 Å². The second-order valence-corrected chi connectivity index (χ2v) is 7.74. The van der Waals surface area contributed by atoms with Gasteiger partial charge in [0.25, 0.3) is 5.91 Å². The number of piperidine rings is 1. The summed E-state index contributed by atoms with van der Waals surface area (Å²) in [6.07, 6.45) is 1.27. The fraction of sp³-hybridized carbons (Fsp3) is 0.500. The first kappa shape index (κ1) is 19.6. The number of rotatable bonds is 5. The van der Waals surface area contributed by atoms with Gasteiger partial charge in [-0.2, -0.15) is 0 Å². The number of nitrogens with two attached hydrogens (primary N) is 1. The van der Waals surface area contributed by atoms with Crippen molar-refractivity contribution in [1.82, 2.24) is 20.3 Å². The van der Waals surface area contributed by atoms with Crippen molar-refractivity contribution in [1.29, 1.82) is 0 Å². The maximum Gasteiger partial charge on any atom is 0.347 e. The number of aryl methyl sites for hydroxylation is 2. The van der Waals surface area contributed by atoms with Crippen LogP contribution in [0.3, 0.4) is 0 Å². The van der Waals surface area contributed by atoms with Crippen molar-refractivity contribution in [2.24, 2.45) is 5.73 Å². The summed E-state index contributed by atoms with van der Waals surface area (Å²) in [6.45, 7) is 4.68. The van der Waals surface area contributed by atoms with Crippen LogP contribution in [0.5, 0.6) is 0 Å². The Labute approximate surface area is 164 Å². The number of aromatic nitrogens is 3. The molecule has 0 radical (unpaired) electrons. The van der Waals surface area contributed by atoms with Crippen molar-refractivity contribution in [3.8, 4) is 0 Å². The van der Waals surface area contributed by atoms with Crippen molar-refractivity contribution >= 4 is 39.9 Å². The smallest absolute Gasteiger partial charge is 0.347 e. The number of nitrogens with one attached hydrogen (secondary N) is 2. The van der Waals surface area contributed by atoms with Crippen LogP contribution >= 0.6 is 22.9 Å². The topological polar surface area (TPSA) is 137 Å². The van der Waals surface area contributed by atoms with Crippen LogP contribution in [-0.2, 0) is 6.42 Å². The van der Waals surface area contributed by atoms with Gasteiger partial charge >= 0.3 is 5.97 Å². The van der Waals surface area contributed by atoms with E-state index in [9.17, 15) is 14.7 Å². The Bertz CT molecular complexity index is 866. The Kier molecular flexibility index (Phi) is 5.68. The van der Waals surface area contributed by atoms with Gasteiger partial charge in [-0.1, -0.05) is 29.9 Å². The van der Waals surface area contributed by atoms with Gasteiger partial charge in [-0.3, -0.25) is 4.79 Å². The number of H-pyrrole nitrogens is 1. The maximum atomic E-state index is 12.4. The molecule has 1 fully saturated rings. The van der Waals surface area contributed by atoms with Gasteiger partial charge in [-0.25, -0.2) is 14.8 Å². The fourth-order valence-electron chi connectivity index (χ4n) is 3.02. The van der Waals surface area contributed by atoms with Crippen molar-refractivity contribution in [2.45, 2.75) is 38.8 Å². The number of carbonyl (C=O) groups excluding carboxylic acids is 1. The predicted molar refractivity (Wildman–Crippen MR) is 103 cm³/mol. The van der Waals surface area contributed by atoms with Gasteiger partial charge < -0.3 is 26.0 Å². The summed E-state index contributed by atoms with van der Waals surface area (Å²) < 4.78 is 0. The number of carbonyl (C=O) groups is 2. The largest absolute Gasteiger partial charge is 0.477 e. The van der Waals surface area contributed by atoms with E-state index in [2.05, 4.69) is 20.3 Å². The first-order chi connectivity index (χ1) is 12.8. The average Bonchev–Trinajstić information content (AvgIpc) is 3.19. The monoisotopic (exact) mass is 412 g/mol. The van der Waals surface area contributed by atoms with Crippen molar-refractivity contribution in [3.05, 3.63) is 27.2 Å². The lowest BCUT2D eigenvalue weighted by molar-refractivity contribution is 0.0700. The molecular weight excluding hydrogens is 392 g/mol. The van der Waals surface area contributed by atoms with Crippen LogP contribution in [0.1, 0.15) is 45.0 Å². The van der Waals surface area contributed by atoms with Crippen molar-refractivity contribution in [3.63, 3.8) is 0 Å². The molecule has 1 amide bonds. The minimum Gasteiger partial charge on any atom is -0.477 e. The number of imidazole rings is 1. The Morgan fingerprint density at radius 1 is 1.48 bits per heavy atom. The Balaban J connectivity index is 1.63. The lowest BCUT2D eigenvalue weighted by Crippen LogP contribution is -2.58. The van der Waals surface area contributed by atoms with E-state index in [0.29, 0.717) is 47.6 Å². The zero-order valence-corrected chi connectivity index (χ0v) is 16.5. The number of aromatic amines is 1. The molecule has 2 atom stereocenters. The third-order valence-corrected chi connectivity index (χ3v) is 6.04. The quantitative estimate of drug-likeness (QED) is 0.582. The molecular formula is C16H21ClN6O3S. The lowest BCUT2D eigenvalue weighted by atomic mass is 10.0. The highest BCUT2D eigenvalue weighted by molar-refractivity contribution is 7.17. The Morgan fingerprint density at radius 3 is 2.78 bits per heavy atom. The molecule has 2 aromatic rings. The van der Waals surface area contributed by atoms with Crippen LogP contribution in [-0.4, -0.2) is 57.1 Å². The predicted octanol–water partition coefficient (Wildman–Crippen LogP) is 1.42. The number of hydrogen-bond donors (Lipinski definition) is 4. The minimum absolute atomic E-state index is 0.174. The normalized spacial score (nSPS) is 19.9. The number of thiazole rings is 1. The van der Waals surface area contributed by atoms with E-state index in [0.717, 1.165) is 11.3 Å². The molecule has 3 heterocycles. The zero-order chi connectivity index (χ0) is 19.7. The van der Waals surface area contributed by atoms with Crippen LogP contribution in [0.2, 0.25) is 5.15 Å². The van der Waals surface area contributed by atoms with Gasteiger partial charge in [0.1, 0.15) is 4.88 Å². The van der Waals surface area contributed by atoms with Crippen LogP contribution in [0.4, 0.5) is 5.13 Å². The summed E-state index contributed by atoms with van der Waals surface area (Å²) in [5, 5.41) is 13.0. The van der Waals surface area contributed by atoms with Gasteiger partial charge in [0.05, 0.1) is 11.4 Å². The van der Waals surface area contributed by atoms with Crippen LogP contribution < -0.4 is 16.0 Å². The zero-order valence-electron chi connectivity index (χ0n) is 15.0. The number of anilines is 1. The number of aromatic carboxylic acids is 1. The van der Waals surface area contributed by atoms with Gasteiger partial charge in [-0.15, -0.1) is 0 Å². The maximum absolute atomic E-state index is 12.4. The average molecular weight is 413 g/mol. The first-order valence-electron chi connectivity index (χ1n) is 8.56. The molecule has 1 aliphatic rings. The second-order valence-electron chi connectivity index (χ2n) is 6.40. The van der Waals surface area contributed by atoms with Gasteiger partial charge in [0.2, 0.25) is 0 Å². The van der Waals surface area contributed by atoms with Crippen LogP contribution in [0, 0.1) is 6.92 Å². The van der Waals surface area contributed by atoms with E-state index in [1.807, 2.05) is 11.8 Å². The SMILES string of the molecule is CCc1[nH]c(C(=O)N[C@@H]2CCN(c3nc(C)c(C(=O)O)s3)C[C@H]2N)nc1Cl. The molecule has 0 saturated carbocycles. The summed E-state index contributed by atoms with van der Waals surface area (Å²) in [5.41, 5.74) is 7.46. The van der Waals surface area contributed by atoms with E-state index in [1.54, 1.807) is 6.92 Å². The lowest BCUT2D eigenvalue weighted by Gasteiger charge is -2.36. The van der Waals surface area contributed by atoms with E-state index in [1.165, 1.54) is 0 Å². The van der Waals surface area contributed by atoms with Crippen LogP contribution in [0.15, 0.2) is 0 Å². The Hall–Kier alpha value is -2.17. The number of amides is 1. The molecule has 27 heavy (non-hydrogen) atoms. The summed E-state index contributed by atoms with van der Waals surface area (Å²) >= 11 is 7.12. The molecule has 0 aromatic carbocycles. The number of halogens is 1. The third-order valence-electron chi connectivity index (χ3n) is 4.52. The molecule has 0 aliphatic carbocycles. The molecule has 3 rings (SSSR count). The molecule has 1 saturated heterocycles. The fourth-order valence-corrected chi connectivity index (χ4v) is 4.22. The van der Waals surface area contributed by atoms with Gasteiger partial charge in [0.15, 0.2) is 16.1 Å². The minimum atomic E-state index is -0.980. The van der Waals surface area contributed by atoms with Crippen molar-refractivity contribution < 1.29 is 14.7 Å². The molecule has 1 aliphatic heterocycles. The highest BCUT2D eigenvalue weighted by Crippen LogP contribution is 2.28. The van der Waals surface area contributed by atoms with Crippen LogP contribution in [0.25, 0.3) is 0 Å². The summed E-state index contributed by atoms with van der Waals surface area (Å²) in [4.78, 5) is 37.1. The summed E-state index contributed by atoms with van der Waals surface area (Å²) in [5.74, 6) is -1.15. The highest BCUT2D eigenvalue weighted by Gasteiger charge is 2.31. The number of carboxylic acids is 1. The number of nitrogens with zero attached hydrogens (tertiary/aromatic N) is 3. The van der Waals surface area contributed by atoms with E-state index >= 15 is 0 Å². The van der Waals surface area contributed by atoms with Crippen molar-refractivity contribution in [2.75, 3.05) is 18.0 Å². The molecule has 0 unspecified atom stereocenters. The molecule has 0 spiro atoms.